The van der Waals surface area contributed by atoms with Gasteiger partial charge in [0.2, 0.25) is 5.91 Å². The van der Waals surface area contributed by atoms with Gasteiger partial charge in [0.15, 0.2) is 11.5 Å². The minimum absolute atomic E-state index is 0.198. The SMILES string of the molecule is O=C(NCCc1ccccc1)C(c1ccccc1)(c1ccccc1)c1ccc(O)c(O)c1. The number of phenolic OH excluding ortho intramolecular Hbond substituents is 2. The molecule has 0 saturated heterocycles. The van der Waals surface area contributed by atoms with Crippen LogP contribution in [0.4, 0.5) is 0 Å². The second kappa shape index (κ2) is 9.40. The van der Waals surface area contributed by atoms with Crippen LogP contribution < -0.4 is 5.32 Å². The fraction of sp³-hybridized carbons (Fsp3) is 0.107. The van der Waals surface area contributed by atoms with E-state index in [0.29, 0.717) is 18.5 Å². The van der Waals surface area contributed by atoms with Gasteiger partial charge in [-0.05, 0) is 40.8 Å². The van der Waals surface area contributed by atoms with Gasteiger partial charge >= 0.3 is 0 Å². The van der Waals surface area contributed by atoms with Crippen LogP contribution in [0.1, 0.15) is 22.3 Å². The first kappa shape index (κ1) is 21.2. The van der Waals surface area contributed by atoms with Gasteiger partial charge in [0.25, 0.3) is 0 Å². The molecule has 0 fully saturated rings. The lowest BCUT2D eigenvalue weighted by Crippen LogP contribution is -2.46. The van der Waals surface area contributed by atoms with Crippen molar-refractivity contribution < 1.29 is 15.0 Å². The topological polar surface area (TPSA) is 69.6 Å². The number of amides is 1. The highest BCUT2D eigenvalue weighted by Gasteiger charge is 2.44. The first-order valence-corrected chi connectivity index (χ1v) is 10.6. The zero-order valence-electron chi connectivity index (χ0n) is 17.6. The Balaban J connectivity index is 1.82. The van der Waals surface area contributed by atoms with Gasteiger partial charge in [-0.25, -0.2) is 0 Å². The standard InChI is InChI=1S/C28H25NO3/c30-25-17-16-24(20-26(25)31)28(22-12-6-2-7-13-22,23-14-8-3-9-15-23)27(32)29-19-18-21-10-4-1-5-11-21/h1-17,20,30-31H,18-19H2,(H,29,32). The third-order valence-corrected chi connectivity index (χ3v) is 5.70. The summed E-state index contributed by atoms with van der Waals surface area (Å²) in [5.74, 6) is -0.694. The van der Waals surface area contributed by atoms with Gasteiger partial charge in [0.1, 0.15) is 5.41 Å². The largest absolute Gasteiger partial charge is 0.504 e. The monoisotopic (exact) mass is 423 g/mol. The van der Waals surface area contributed by atoms with Crippen molar-refractivity contribution in [3.05, 3.63) is 131 Å². The first-order chi connectivity index (χ1) is 15.6. The molecule has 160 valence electrons. The summed E-state index contributed by atoms with van der Waals surface area (Å²) in [4.78, 5) is 14.0. The van der Waals surface area contributed by atoms with E-state index in [1.807, 2.05) is 91.0 Å². The van der Waals surface area contributed by atoms with Gasteiger partial charge in [0, 0.05) is 6.54 Å². The van der Waals surface area contributed by atoms with Crippen LogP contribution in [-0.4, -0.2) is 22.7 Å². The third-order valence-electron chi connectivity index (χ3n) is 5.70. The highest BCUT2D eigenvalue weighted by molar-refractivity contribution is 5.96. The molecule has 4 aromatic carbocycles. The molecule has 0 aliphatic carbocycles. The van der Waals surface area contributed by atoms with Crippen molar-refractivity contribution in [1.82, 2.24) is 5.32 Å². The van der Waals surface area contributed by atoms with Crippen LogP contribution in [0.2, 0.25) is 0 Å². The Kier molecular flexibility index (Phi) is 6.22. The van der Waals surface area contributed by atoms with E-state index in [4.69, 9.17) is 0 Å². The molecule has 4 rings (SSSR count). The molecular weight excluding hydrogens is 398 g/mol. The average Bonchev–Trinajstić information content (AvgIpc) is 2.84. The normalized spacial score (nSPS) is 11.1. The molecule has 0 saturated carbocycles. The van der Waals surface area contributed by atoms with Gasteiger partial charge < -0.3 is 15.5 Å². The molecule has 32 heavy (non-hydrogen) atoms. The van der Waals surface area contributed by atoms with E-state index >= 15 is 0 Å². The molecule has 0 aliphatic rings. The number of nitrogens with one attached hydrogen (secondary N) is 1. The molecule has 0 heterocycles. The molecular formula is C28H25NO3. The maximum atomic E-state index is 14.0. The van der Waals surface area contributed by atoms with Gasteiger partial charge in [0.05, 0.1) is 0 Å². The molecule has 0 unspecified atom stereocenters. The predicted octanol–water partition coefficient (Wildman–Crippen LogP) is 4.79. The first-order valence-electron chi connectivity index (χ1n) is 10.6. The summed E-state index contributed by atoms with van der Waals surface area (Å²) in [5, 5.41) is 23.3. The predicted molar refractivity (Wildman–Crippen MR) is 126 cm³/mol. The smallest absolute Gasteiger partial charge is 0.239 e. The molecule has 4 heteroatoms. The second-order valence-electron chi connectivity index (χ2n) is 7.68. The van der Waals surface area contributed by atoms with E-state index in [2.05, 4.69) is 5.32 Å². The van der Waals surface area contributed by atoms with Gasteiger partial charge in [-0.3, -0.25) is 4.79 Å². The van der Waals surface area contributed by atoms with Gasteiger partial charge in [-0.15, -0.1) is 0 Å². The molecule has 4 aromatic rings. The fourth-order valence-electron chi connectivity index (χ4n) is 4.12. The Labute approximate surface area is 187 Å². The summed E-state index contributed by atoms with van der Waals surface area (Å²) in [6.07, 6.45) is 0.701. The number of hydrogen-bond donors (Lipinski definition) is 3. The number of carbonyl (C=O) groups excluding carboxylic acids is 1. The summed E-state index contributed by atoms with van der Waals surface area (Å²) in [6, 6.07) is 33.6. The highest BCUT2D eigenvalue weighted by Crippen LogP contribution is 2.42. The van der Waals surface area contributed by atoms with E-state index in [-0.39, 0.29) is 17.4 Å². The number of benzene rings is 4. The van der Waals surface area contributed by atoms with Crippen LogP contribution >= 0.6 is 0 Å². The Bertz CT molecular complexity index is 1140. The fourth-order valence-corrected chi connectivity index (χ4v) is 4.12. The number of rotatable bonds is 7. The van der Waals surface area contributed by atoms with Crippen LogP contribution in [0.5, 0.6) is 11.5 Å². The quantitative estimate of drug-likeness (QED) is 0.296. The van der Waals surface area contributed by atoms with Crippen LogP contribution in [-0.2, 0) is 16.6 Å². The van der Waals surface area contributed by atoms with E-state index in [1.54, 1.807) is 6.07 Å². The zero-order valence-corrected chi connectivity index (χ0v) is 17.6. The zero-order chi connectivity index (χ0) is 22.4. The van der Waals surface area contributed by atoms with Crippen LogP contribution in [0, 0.1) is 0 Å². The summed E-state index contributed by atoms with van der Waals surface area (Å²) < 4.78 is 0. The van der Waals surface area contributed by atoms with E-state index in [9.17, 15) is 15.0 Å². The highest BCUT2D eigenvalue weighted by atomic mass is 16.3. The third kappa shape index (κ3) is 4.08. The lowest BCUT2D eigenvalue weighted by atomic mass is 9.68. The number of aromatic hydroxyl groups is 2. The van der Waals surface area contributed by atoms with Crippen molar-refractivity contribution in [2.75, 3.05) is 6.54 Å². The number of hydrogen-bond acceptors (Lipinski definition) is 3. The molecule has 0 spiro atoms. The molecule has 1 amide bonds. The van der Waals surface area contributed by atoms with Crippen LogP contribution in [0.25, 0.3) is 0 Å². The summed E-state index contributed by atoms with van der Waals surface area (Å²) in [7, 11) is 0. The minimum atomic E-state index is -1.20. The Morgan fingerprint density at radius 3 is 1.72 bits per heavy atom. The molecule has 0 radical (unpaired) electrons. The van der Waals surface area contributed by atoms with Crippen molar-refractivity contribution in [1.29, 1.82) is 0 Å². The van der Waals surface area contributed by atoms with Crippen molar-refractivity contribution in [2.24, 2.45) is 0 Å². The molecule has 4 nitrogen and oxygen atoms in total. The molecule has 0 bridgehead atoms. The van der Waals surface area contributed by atoms with Crippen LogP contribution in [0.15, 0.2) is 109 Å². The summed E-state index contributed by atoms with van der Waals surface area (Å²) in [6.45, 7) is 0.467. The average molecular weight is 424 g/mol. The molecule has 0 aliphatic heterocycles. The molecule has 0 aromatic heterocycles. The van der Waals surface area contributed by atoms with E-state index in [1.165, 1.54) is 12.1 Å². The summed E-state index contributed by atoms with van der Waals surface area (Å²) >= 11 is 0. The van der Waals surface area contributed by atoms with Crippen molar-refractivity contribution in [2.45, 2.75) is 11.8 Å². The van der Waals surface area contributed by atoms with E-state index in [0.717, 1.165) is 16.7 Å². The number of carbonyl (C=O) groups is 1. The Morgan fingerprint density at radius 1 is 0.656 bits per heavy atom. The minimum Gasteiger partial charge on any atom is -0.504 e. The number of phenols is 2. The maximum absolute atomic E-state index is 14.0. The van der Waals surface area contributed by atoms with E-state index < -0.39 is 5.41 Å². The van der Waals surface area contributed by atoms with Crippen molar-refractivity contribution in [3.8, 4) is 11.5 Å². The van der Waals surface area contributed by atoms with Crippen LogP contribution in [0.3, 0.4) is 0 Å². The Hall–Kier alpha value is -4.05. The van der Waals surface area contributed by atoms with Crippen molar-refractivity contribution >= 4 is 5.91 Å². The van der Waals surface area contributed by atoms with Gasteiger partial charge in [-0.1, -0.05) is 97.1 Å². The molecule has 0 atom stereocenters. The molecule has 3 N–H and O–H groups in total. The lowest BCUT2D eigenvalue weighted by Gasteiger charge is -2.34. The second-order valence-corrected chi connectivity index (χ2v) is 7.68. The summed E-state index contributed by atoms with van der Waals surface area (Å²) in [5.41, 5.74) is 2.05. The van der Waals surface area contributed by atoms with Crippen molar-refractivity contribution in [3.63, 3.8) is 0 Å². The van der Waals surface area contributed by atoms with Gasteiger partial charge in [-0.2, -0.15) is 0 Å². The Morgan fingerprint density at radius 2 is 1.19 bits per heavy atom. The maximum Gasteiger partial charge on any atom is 0.239 e. The lowest BCUT2D eigenvalue weighted by molar-refractivity contribution is -0.124.